The van der Waals surface area contributed by atoms with E-state index in [1.807, 2.05) is 30.3 Å². The van der Waals surface area contributed by atoms with Gasteiger partial charge < -0.3 is 24.8 Å². The zero-order valence-corrected chi connectivity index (χ0v) is 15.4. The van der Waals surface area contributed by atoms with Gasteiger partial charge in [-0.25, -0.2) is 9.97 Å². The number of carbonyl (C=O) groups excluding carboxylic acids is 1. The monoisotopic (exact) mass is 382 g/mol. The first-order valence-electron chi connectivity index (χ1n) is 9.28. The van der Waals surface area contributed by atoms with Crippen molar-refractivity contribution in [3.8, 4) is 0 Å². The van der Waals surface area contributed by atoms with Crippen molar-refractivity contribution in [2.24, 2.45) is 0 Å². The van der Waals surface area contributed by atoms with Crippen molar-refractivity contribution in [3.63, 3.8) is 0 Å². The Morgan fingerprint density at radius 1 is 1.14 bits per heavy atom. The number of rotatable bonds is 7. The molecule has 1 amide bonds. The SMILES string of the molecule is O=C(Cc1noc2ccccc12)NCCNc1cc(N2CCOCC2)ncn1. The normalized spacial score (nSPS) is 14.2. The van der Waals surface area contributed by atoms with E-state index in [1.165, 1.54) is 0 Å². The predicted molar refractivity (Wildman–Crippen MR) is 104 cm³/mol. The molecule has 0 atom stereocenters. The van der Waals surface area contributed by atoms with Crippen molar-refractivity contribution < 1.29 is 14.1 Å². The van der Waals surface area contributed by atoms with E-state index in [1.54, 1.807) is 6.33 Å². The topological polar surface area (TPSA) is 105 Å². The highest BCUT2D eigenvalue weighted by atomic mass is 16.5. The second-order valence-electron chi connectivity index (χ2n) is 6.44. The molecule has 0 bridgehead atoms. The number of hydrogen-bond acceptors (Lipinski definition) is 8. The minimum Gasteiger partial charge on any atom is -0.378 e. The quantitative estimate of drug-likeness (QED) is 0.588. The fourth-order valence-corrected chi connectivity index (χ4v) is 3.08. The largest absolute Gasteiger partial charge is 0.378 e. The number of anilines is 2. The van der Waals surface area contributed by atoms with Gasteiger partial charge in [0.2, 0.25) is 5.91 Å². The van der Waals surface area contributed by atoms with E-state index >= 15 is 0 Å². The molecular weight excluding hydrogens is 360 g/mol. The molecule has 1 saturated heterocycles. The Morgan fingerprint density at radius 2 is 2.00 bits per heavy atom. The van der Waals surface area contributed by atoms with Crippen molar-refractivity contribution in [2.45, 2.75) is 6.42 Å². The summed E-state index contributed by atoms with van der Waals surface area (Å²) < 4.78 is 10.6. The molecule has 2 aromatic heterocycles. The van der Waals surface area contributed by atoms with E-state index in [4.69, 9.17) is 9.26 Å². The minimum absolute atomic E-state index is 0.0995. The van der Waals surface area contributed by atoms with Crippen LogP contribution in [0.25, 0.3) is 11.0 Å². The van der Waals surface area contributed by atoms with Gasteiger partial charge in [-0.3, -0.25) is 4.79 Å². The van der Waals surface area contributed by atoms with Gasteiger partial charge in [-0.2, -0.15) is 0 Å². The second kappa shape index (κ2) is 8.66. The van der Waals surface area contributed by atoms with E-state index < -0.39 is 0 Å². The molecule has 1 aliphatic heterocycles. The maximum Gasteiger partial charge on any atom is 0.226 e. The first-order valence-corrected chi connectivity index (χ1v) is 9.28. The molecule has 1 aromatic carbocycles. The summed E-state index contributed by atoms with van der Waals surface area (Å²) in [4.78, 5) is 22.9. The minimum atomic E-state index is -0.0995. The van der Waals surface area contributed by atoms with Crippen LogP contribution in [0.2, 0.25) is 0 Å². The molecule has 3 aromatic rings. The van der Waals surface area contributed by atoms with Crippen molar-refractivity contribution in [3.05, 3.63) is 42.4 Å². The van der Waals surface area contributed by atoms with Crippen molar-refractivity contribution in [1.29, 1.82) is 0 Å². The summed E-state index contributed by atoms with van der Waals surface area (Å²) in [5, 5.41) is 10.9. The van der Waals surface area contributed by atoms with Gasteiger partial charge in [0.25, 0.3) is 0 Å². The molecule has 9 nitrogen and oxygen atoms in total. The molecular formula is C19H22N6O3. The lowest BCUT2D eigenvalue weighted by atomic mass is 10.1. The Kier molecular flexibility index (Phi) is 5.62. The summed E-state index contributed by atoms with van der Waals surface area (Å²) in [7, 11) is 0. The zero-order chi connectivity index (χ0) is 19.2. The van der Waals surface area contributed by atoms with Gasteiger partial charge in [0.15, 0.2) is 5.58 Å². The number of carbonyl (C=O) groups is 1. The lowest BCUT2D eigenvalue weighted by Gasteiger charge is -2.27. The Hall–Kier alpha value is -3.20. The van der Waals surface area contributed by atoms with Gasteiger partial charge in [-0.15, -0.1) is 0 Å². The number of nitrogens with one attached hydrogen (secondary N) is 2. The number of aromatic nitrogens is 3. The number of benzene rings is 1. The van der Waals surface area contributed by atoms with Crippen LogP contribution in [-0.4, -0.2) is 60.4 Å². The van der Waals surface area contributed by atoms with Crippen LogP contribution in [0.4, 0.5) is 11.6 Å². The average molecular weight is 382 g/mol. The predicted octanol–water partition coefficient (Wildman–Crippen LogP) is 1.23. The third-order valence-electron chi connectivity index (χ3n) is 4.52. The molecule has 4 rings (SSSR count). The summed E-state index contributed by atoms with van der Waals surface area (Å²) in [6.07, 6.45) is 1.73. The molecule has 0 unspecified atom stereocenters. The van der Waals surface area contributed by atoms with Gasteiger partial charge in [0.05, 0.1) is 19.6 Å². The highest BCUT2D eigenvalue weighted by Gasteiger charge is 2.13. The maximum atomic E-state index is 12.2. The number of morpholine rings is 1. The molecule has 146 valence electrons. The van der Waals surface area contributed by atoms with Crippen molar-refractivity contribution >= 4 is 28.5 Å². The number of para-hydroxylation sites is 1. The van der Waals surface area contributed by atoms with Crippen LogP contribution in [0, 0.1) is 0 Å². The summed E-state index contributed by atoms with van der Waals surface area (Å²) in [6.45, 7) is 4.10. The summed E-state index contributed by atoms with van der Waals surface area (Å²) in [5.74, 6) is 1.51. The fraction of sp³-hybridized carbons (Fsp3) is 0.368. The smallest absolute Gasteiger partial charge is 0.226 e. The highest BCUT2D eigenvalue weighted by Crippen LogP contribution is 2.18. The summed E-state index contributed by atoms with van der Waals surface area (Å²) >= 11 is 0. The number of ether oxygens (including phenoxy) is 1. The molecule has 0 aliphatic carbocycles. The third kappa shape index (κ3) is 4.37. The molecule has 28 heavy (non-hydrogen) atoms. The van der Waals surface area contributed by atoms with Gasteiger partial charge >= 0.3 is 0 Å². The van der Waals surface area contributed by atoms with Crippen LogP contribution in [0.3, 0.4) is 0 Å². The lowest BCUT2D eigenvalue weighted by Crippen LogP contribution is -2.36. The van der Waals surface area contributed by atoms with Crippen LogP contribution in [0.5, 0.6) is 0 Å². The molecule has 1 fully saturated rings. The molecule has 3 heterocycles. The first-order chi connectivity index (χ1) is 13.8. The Bertz CT molecular complexity index is 938. The van der Waals surface area contributed by atoms with Crippen LogP contribution < -0.4 is 15.5 Å². The highest BCUT2D eigenvalue weighted by molar-refractivity contribution is 5.86. The third-order valence-corrected chi connectivity index (χ3v) is 4.52. The van der Waals surface area contributed by atoms with E-state index in [-0.39, 0.29) is 12.3 Å². The maximum absolute atomic E-state index is 12.2. The molecule has 2 N–H and O–H groups in total. The van der Waals surface area contributed by atoms with Crippen LogP contribution in [-0.2, 0) is 16.0 Å². The number of nitrogens with zero attached hydrogens (tertiary/aromatic N) is 4. The van der Waals surface area contributed by atoms with Crippen LogP contribution in [0.1, 0.15) is 5.69 Å². The Balaban J connectivity index is 1.24. The van der Waals surface area contributed by atoms with Crippen molar-refractivity contribution in [2.75, 3.05) is 49.6 Å². The van der Waals surface area contributed by atoms with Crippen LogP contribution >= 0.6 is 0 Å². The summed E-state index contributed by atoms with van der Waals surface area (Å²) in [6, 6.07) is 9.42. The standard InChI is InChI=1S/C19H22N6O3/c26-19(11-15-14-3-1-2-4-16(14)28-24-15)21-6-5-20-17-12-18(23-13-22-17)25-7-9-27-10-8-25/h1-4,12-13H,5-11H2,(H,21,26)(H,20,22,23). The number of fused-ring (bicyclic) bond motifs is 1. The number of hydrogen-bond donors (Lipinski definition) is 2. The molecule has 9 heteroatoms. The Morgan fingerprint density at radius 3 is 2.89 bits per heavy atom. The van der Waals surface area contributed by atoms with Gasteiger partial charge in [-0.05, 0) is 12.1 Å². The zero-order valence-electron chi connectivity index (χ0n) is 15.4. The lowest BCUT2D eigenvalue weighted by molar-refractivity contribution is -0.120. The number of amides is 1. The molecule has 0 radical (unpaired) electrons. The Labute approximate surface area is 162 Å². The molecule has 0 saturated carbocycles. The molecule has 1 aliphatic rings. The fourth-order valence-electron chi connectivity index (χ4n) is 3.08. The second-order valence-corrected chi connectivity index (χ2v) is 6.44. The van der Waals surface area contributed by atoms with Crippen molar-refractivity contribution in [1.82, 2.24) is 20.4 Å². The van der Waals surface area contributed by atoms with E-state index in [0.717, 1.165) is 30.1 Å². The van der Waals surface area contributed by atoms with Crippen LogP contribution in [0.15, 0.2) is 41.2 Å². The summed E-state index contributed by atoms with van der Waals surface area (Å²) in [5.41, 5.74) is 1.33. The first kappa shape index (κ1) is 18.2. The van der Waals surface area contributed by atoms with E-state index in [0.29, 0.717) is 37.6 Å². The van der Waals surface area contributed by atoms with E-state index in [2.05, 4.69) is 30.7 Å². The van der Waals surface area contributed by atoms with Gasteiger partial charge in [0.1, 0.15) is 23.7 Å². The van der Waals surface area contributed by atoms with Gasteiger partial charge in [0, 0.05) is 37.6 Å². The average Bonchev–Trinajstić information content (AvgIpc) is 3.15. The van der Waals surface area contributed by atoms with Gasteiger partial charge in [-0.1, -0.05) is 17.3 Å². The van der Waals surface area contributed by atoms with E-state index in [9.17, 15) is 4.79 Å². The molecule has 0 spiro atoms.